The number of aromatic amines is 1. The maximum atomic E-state index is 13.4. The molecule has 2 N–H and O–H groups in total. The zero-order valence-corrected chi connectivity index (χ0v) is 13.8. The number of pyridine rings is 1. The molecular weight excluding hydrogens is 343 g/mol. The number of imidazole rings is 1. The highest BCUT2D eigenvalue weighted by Gasteiger charge is 2.11. The molecule has 0 radical (unpaired) electrons. The average Bonchev–Trinajstić information content (AvgIpc) is 3.18. The molecular formula is C18H14ClFN4O. The van der Waals surface area contributed by atoms with Gasteiger partial charge in [0.2, 0.25) is 0 Å². The van der Waals surface area contributed by atoms with Crippen molar-refractivity contribution in [1.29, 1.82) is 0 Å². The summed E-state index contributed by atoms with van der Waals surface area (Å²) >= 11 is 5.93. The zero-order chi connectivity index (χ0) is 17.4. The molecule has 126 valence electrons. The summed E-state index contributed by atoms with van der Waals surface area (Å²) < 4.78 is 15.1. The van der Waals surface area contributed by atoms with Crippen molar-refractivity contribution in [3.8, 4) is 0 Å². The highest BCUT2D eigenvalue weighted by atomic mass is 35.5. The second-order valence-corrected chi connectivity index (χ2v) is 6.19. The number of hydrogen-bond donors (Lipinski definition) is 2. The monoisotopic (exact) mass is 356 g/mol. The second kappa shape index (κ2) is 6.22. The lowest BCUT2D eigenvalue weighted by molar-refractivity contribution is 0.0950. The number of rotatable bonds is 4. The molecule has 25 heavy (non-hydrogen) atoms. The van der Waals surface area contributed by atoms with Crippen molar-refractivity contribution in [1.82, 2.24) is 19.7 Å². The molecule has 0 atom stereocenters. The summed E-state index contributed by atoms with van der Waals surface area (Å²) in [5, 5.41) is 4.24. The topological polar surface area (TPSA) is 62.2 Å². The molecule has 0 saturated carbocycles. The average molecular weight is 357 g/mol. The molecule has 4 rings (SSSR count). The summed E-state index contributed by atoms with van der Waals surface area (Å²) in [4.78, 5) is 19.6. The van der Waals surface area contributed by atoms with E-state index in [1.165, 1.54) is 12.1 Å². The van der Waals surface area contributed by atoms with Crippen LogP contribution >= 0.6 is 11.6 Å². The number of carbonyl (C=O) groups is 1. The van der Waals surface area contributed by atoms with Crippen LogP contribution in [-0.4, -0.2) is 26.8 Å². The van der Waals surface area contributed by atoms with Gasteiger partial charge in [-0.15, -0.1) is 0 Å². The number of fused-ring (bicyclic) bond motifs is 2. The van der Waals surface area contributed by atoms with Gasteiger partial charge in [-0.2, -0.15) is 0 Å². The van der Waals surface area contributed by atoms with E-state index < -0.39 is 0 Å². The van der Waals surface area contributed by atoms with Crippen LogP contribution < -0.4 is 5.32 Å². The first-order valence-corrected chi connectivity index (χ1v) is 8.16. The lowest BCUT2D eigenvalue weighted by Gasteiger charge is -2.02. The molecule has 1 amide bonds. The molecule has 0 aliphatic heterocycles. The fourth-order valence-electron chi connectivity index (χ4n) is 2.83. The van der Waals surface area contributed by atoms with Crippen molar-refractivity contribution < 1.29 is 9.18 Å². The fraction of sp³-hybridized carbons (Fsp3) is 0.111. The summed E-state index contributed by atoms with van der Waals surface area (Å²) in [5.41, 5.74) is 2.81. The van der Waals surface area contributed by atoms with E-state index in [9.17, 15) is 9.18 Å². The van der Waals surface area contributed by atoms with Crippen LogP contribution in [0.4, 0.5) is 4.39 Å². The number of aromatic nitrogens is 3. The summed E-state index contributed by atoms with van der Waals surface area (Å²) in [6.45, 7) is 0.428. The largest absolute Gasteiger partial charge is 0.361 e. The smallest absolute Gasteiger partial charge is 0.271 e. The number of halogens is 2. The van der Waals surface area contributed by atoms with Crippen LogP contribution in [0, 0.1) is 5.82 Å². The minimum atomic E-state index is -0.277. The first-order valence-electron chi connectivity index (χ1n) is 7.78. The Morgan fingerprint density at radius 1 is 1.28 bits per heavy atom. The third-order valence-electron chi connectivity index (χ3n) is 4.06. The SMILES string of the molecule is O=C(NCCc1c[nH]c2ccc(F)cc12)c1cn2cc(Cl)ccc2n1. The maximum absolute atomic E-state index is 13.4. The second-order valence-electron chi connectivity index (χ2n) is 5.75. The van der Waals surface area contributed by atoms with E-state index in [0.29, 0.717) is 29.3 Å². The number of H-pyrrole nitrogens is 1. The Labute approximate surface area is 147 Å². The molecule has 0 spiro atoms. The van der Waals surface area contributed by atoms with Gasteiger partial charge in [-0.25, -0.2) is 9.37 Å². The number of nitrogens with zero attached hydrogens (tertiary/aromatic N) is 2. The van der Waals surface area contributed by atoms with Gasteiger partial charge in [0.05, 0.1) is 5.02 Å². The van der Waals surface area contributed by atoms with Crippen molar-refractivity contribution >= 4 is 34.1 Å². The Morgan fingerprint density at radius 2 is 2.16 bits per heavy atom. The Hall–Kier alpha value is -2.86. The molecule has 0 fully saturated rings. The third-order valence-corrected chi connectivity index (χ3v) is 4.28. The Kier molecular flexibility index (Phi) is 3.89. The van der Waals surface area contributed by atoms with Crippen LogP contribution in [0.3, 0.4) is 0 Å². The lowest BCUT2D eigenvalue weighted by Crippen LogP contribution is -2.25. The molecule has 1 aromatic carbocycles. The van der Waals surface area contributed by atoms with E-state index in [4.69, 9.17) is 11.6 Å². The van der Waals surface area contributed by atoms with Crippen molar-refractivity contribution in [3.63, 3.8) is 0 Å². The highest BCUT2D eigenvalue weighted by molar-refractivity contribution is 6.30. The molecule has 5 nitrogen and oxygen atoms in total. The van der Waals surface area contributed by atoms with E-state index in [2.05, 4.69) is 15.3 Å². The standard InChI is InChI=1S/C18H14ClFN4O/c19-12-1-4-17-23-16(10-24(17)9-12)18(25)21-6-5-11-8-22-15-3-2-13(20)7-14(11)15/h1-4,7-10,22H,5-6H2,(H,21,25). The summed E-state index contributed by atoms with van der Waals surface area (Å²) in [5.74, 6) is -0.536. The van der Waals surface area contributed by atoms with Crippen LogP contribution in [0.1, 0.15) is 16.1 Å². The van der Waals surface area contributed by atoms with Gasteiger partial charge in [0.15, 0.2) is 0 Å². The van der Waals surface area contributed by atoms with Gasteiger partial charge in [-0.1, -0.05) is 11.6 Å². The van der Waals surface area contributed by atoms with E-state index in [1.54, 1.807) is 35.0 Å². The molecule has 0 bridgehead atoms. The minimum absolute atomic E-state index is 0.258. The molecule has 3 heterocycles. The quantitative estimate of drug-likeness (QED) is 0.587. The number of nitrogens with one attached hydrogen (secondary N) is 2. The summed E-state index contributed by atoms with van der Waals surface area (Å²) in [7, 11) is 0. The van der Waals surface area contributed by atoms with Crippen molar-refractivity contribution in [2.24, 2.45) is 0 Å². The maximum Gasteiger partial charge on any atom is 0.271 e. The predicted molar refractivity (Wildman–Crippen MR) is 94.5 cm³/mol. The molecule has 0 aliphatic carbocycles. The number of amides is 1. The summed E-state index contributed by atoms with van der Waals surface area (Å²) in [6, 6.07) is 8.09. The molecule has 0 unspecified atom stereocenters. The third kappa shape index (κ3) is 3.08. The molecule has 0 aliphatic rings. The predicted octanol–water partition coefficient (Wildman–Crippen LogP) is 3.58. The van der Waals surface area contributed by atoms with Crippen LogP contribution in [0.5, 0.6) is 0 Å². The first-order chi connectivity index (χ1) is 12.1. The highest BCUT2D eigenvalue weighted by Crippen LogP contribution is 2.19. The van der Waals surface area contributed by atoms with Crippen LogP contribution in [0.2, 0.25) is 5.02 Å². The van der Waals surface area contributed by atoms with Gasteiger partial charge in [-0.05, 0) is 42.3 Å². The first kappa shape index (κ1) is 15.7. The van der Waals surface area contributed by atoms with Crippen molar-refractivity contribution in [3.05, 3.63) is 71.0 Å². The molecule has 4 aromatic rings. The van der Waals surface area contributed by atoms with E-state index in [1.807, 2.05) is 6.20 Å². The van der Waals surface area contributed by atoms with Gasteiger partial charge in [0, 0.05) is 36.0 Å². The Morgan fingerprint density at radius 3 is 3.04 bits per heavy atom. The zero-order valence-electron chi connectivity index (χ0n) is 13.1. The lowest BCUT2D eigenvalue weighted by atomic mass is 10.1. The Balaban J connectivity index is 1.45. The van der Waals surface area contributed by atoms with E-state index in [0.717, 1.165) is 16.5 Å². The normalized spacial score (nSPS) is 11.3. The van der Waals surface area contributed by atoms with Gasteiger partial charge in [0.1, 0.15) is 17.2 Å². The Bertz CT molecular complexity index is 1090. The van der Waals surface area contributed by atoms with E-state index in [-0.39, 0.29) is 11.7 Å². The number of carbonyl (C=O) groups excluding carboxylic acids is 1. The number of hydrogen-bond acceptors (Lipinski definition) is 2. The minimum Gasteiger partial charge on any atom is -0.361 e. The van der Waals surface area contributed by atoms with Gasteiger partial charge in [-0.3, -0.25) is 4.79 Å². The van der Waals surface area contributed by atoms with Gasteiger partial charge < -0.3 is 14.7 Å². The van der Waals surface area contributed by atoms with Crippen molar-refractivity contribution in [2.45, 2.75) is 6.42 Å². The van der Waals surface area contributed by atoms with Gasteiger partial charge >= 0.3 is 0 Å². The fourth-order valence-corrected chi connectivity index (χ4v) is 3.00. The molecule has 7 heteroatoms. The van der Waals surface area contributed by atoms with Crippen LogP contribution in [0.15, 0.2) is 48.9 Å². The molecule has 3 aromatic heterocycles. The van der Waals surface area contributed by atoms with Gasteiger partial charge in [0.25, 0.3) is 5.91 Å². The van der Waals surface area contributed by atoms with Crippen LogP contribution in [0.25, 0.3) is 16.6 Å². The van der Waals surface area contributed by atoms with Crippen molar-refractivity contribution in [2.75, 3.05) is 6.54 Å². The number of benzene rings is 1. The van der Waals surface area contributed by atoms with Crippen LogP contribution in [-0.2, 0) is 6.42 Å². The van der Waals surface area contributed by atoms with E-state index >= 15 is 0 Å². The molecule has 0 saturated heterocycles. The summed E-state index contributed by atoms with van der Waals surface area (Å²) in [6.07, 6.45) is 5.76.